The highest BCUT2D eigenvalue weighted by molar-refractivity contribution is 5.85. The summed E-state index contributed by atoms with van der Waals surface area (Å²) in [6.45, 7) is 3.64. The van der Waals surface area contributed by atoms with Crippen molar-refractivity contribution in [3.63, 3.8) is 0 Å². The predicted octanol–water partition coefficient (Wildman–Crippen LogP) is 2.70. The van der Waals surface area contributed by atoms with E-state index in [9.17, 15) is 0 Å². The van der Waals surface area contributed by atoms with Crippen LogP contribution in [0.3, 0.4) is 0 Å². The van der Waals surface area contributed by atoms with Crippen LogP contribution in [0.25, 0.3) is 27.8 Å². The quantitative estimate of drug-likeness (QED) is 0.524. The number of rotatable bonds is 4. The van der Waals surface area contributed by atoms with Crippen molar-refractivity contribution >= 4 is 22.6 Å². The largest absolute Gasteiger partial charge is 0.381 e. The van der Waals surface area contributed by atoms with E-state index >= 15 is 0 Å². The minimum atomic E-state index is 0.292. The van der Waals surface area contributed by atoms with Gasteiger partial charge in [0.25, 0.3) is 0 Å². The Morgan fingerprint density at radius 3 is 2.77 bits per heavy atom. The van der Waals surface area contributed by atoms with Gasteiger partial charge in [0.05, 0.1) is 17.2 Å². The van der Waals surface area contributed by atoms with Crippen molar-refractivity contribution in [2.75, 3.05) is 18.5 Å². The molecule has 1 saturated carbocycles. The second-order valence-electron chi connectivity index (χ2n) is 8.65. The summed E-state index contributed by atoms with van der Waals surface area (Å²) >= 11 is 0. The van der Waals surface area contributed by atoms with Crippen molar-refractivity contribution < 1.29 is 4.74 Å². The molecule has 9 nitrogen and oxygen atoms in total. The van der Waals surface area contributed by atoms with Crippen LogP contribution in [0.4, 0.5) is 5.95 Å². The van der Waals surface area contributed by atoms with Crippen LogP contribution in [-0.4, -0.2) is 54.4 Å². The maximum Gasteiger partial charge on any atom is 0.241 e. The third kappa shape index (κ3) is 3.24. The second-order valence-corrected chi connectivity index (χ2v) is 8.65. The number of aryl methyl sites for hydroxylation is 1. The fourth-order valence-corrected chi connectivity index (χ4v) is 4.82. The first-order chi connectivity index (χ1) is 15.2. The number of imidazole rings is 1. The molecule has 160 valence electrons. The Morgan fingerprint density at radius 2 is 1.97 bits per heavy atom. The van der Waals surface area contributed by atoms with Crippen LogP contribution < -0.4 is 11.1 Å². The highest BCUT2D eigenvalue weighted by atomic mass is 16.5. The molecule has 0 amide bonds. The summed E-state index contributed by atoms with van der Waals surface area (Å²) in [5.41, 5.74) is 10.8. The van der Waals surface area contributed by atoms with Crippen molar-refractivity contribution in [2.24, 2.45) is 5.73 Å². The molecule has 3 N–H and O–H groups in total. The molecule has 6 rings (SSSR count). The van der Waals surface area contributed by atoms with Gasteiger partial charge in [0.15, 0.2) is 5.65 Å². The zero-order valence-electron chi connectivity index (χ0n) is 17.5. The first-order valence-corrected chi connectivity index (χ1v) is 10.9. The van der Waals surface area contributed by atoms with Crippen LogP contribution in [0.15, 0.2) is 30.7 Å². The lowest BCUT2D eigenvalue weighted by Gasteiger charge is -2.32. The Bertz CT molecular complexity index is 1250. The summed E-state index contributed by atoms with van der Waals surface area (Å²) in [5.74, 6) is 1.64. The lowest BCUT2D eigenvalue weighted by Crippen LogP contribution is -2.44. The van der Waals surface area contributed by atoms with E-state index in [4.69, 9.17) is 15.5 Å². The molecule has 4 aromatic heterocycles. The maximum absolute atomic E-state index is 5.88. The van der Waals surface area contributed by atoms with Gasteiger partial charge in [-0.3, -0.25) is 0 Å². The number of hydrogen-bond acceptors (Lipinski definition) is 7. The fraction of sp³-hybridized carbons (Fsp3) is 0.455. The fourth-order valence-electron chi connectivity index (χ4n) is 4.82. The van der Waals surface area contributed by atoms with E-state index in [2.05, 4.69) is 44.0 Å². The van der Waals surface area contributed by atoms with Crippen LogP contribution in [0.2, 0.25) is 0 Å². The molecule has 1 saturated heterocycles. The number of aromatic nitrogens is 6. The number of fused-ring (bicyclic) bond motifs is 2. The Kier molecular flexibility index (Phi) is 4.39. The molecule has 2 fully saturated rings. The number of nitrogens with zero attached hydrogens (tertiary/aromatic N) is 6. The Hall–Kier alpha value is -3.04. The van der Waals surface area contributed by atoms with Gasteiger partial charge in [0, 0.05) is 54.9 Å². The molecule has 0 spiro atoms. The Balaban J connectivity index is 1.36. The minimum absolute atomic E-state index is 0.292. The van der Waals surface area contributed by atoms with Gasteiger partial charge < -0.3 is 20.4 Å². The molecule has 1 aliphatic heterocycles. The Morgan fingerprint density at radius 1 is 1.13 bits per heavy atom. The predicted molar refractivity (Wildman–Crippen MR) is 118 cm³/mol. The van der Waals surface area contributed by atoms with E-state index in [0.29, 0.717) is 24.1 Å². The summed E-state index contributed by atoms with van der Waals surface area (Å²) in [4.78, 5) is 13.9. The van der Waals surface area contributed by atoms with Gasteiger partial charge in [-0.1, -0.05) is 0 Å². The molecule has 5 heterocycles. The molecule has 9 heteroatoms. The standard InChI is InChI=1S/C22H26N8O/c1-13-26-21-19(30(13)17-3-6-31-7-4-17)8-14(11-24-21)18-2-5-29-20(18)12-25-22(28-29)27-16-9-15(23)10-16/h2,5,8,11-12,15-17H,3-4,6-7,9-10,23H2,1H3,(H,27,28)/t15-,16-. The number of hydrogen-bond donors (Lipinski definition) is 2. The smallest absolute Gasteiger partial charge is 0.241 e. The van der Waals surface area contributed by atoms with Crippen molar-refractivity contribution in [2.45, 2.75) is 50.7 Å². The highest BCUT2D eigenvalue weighted by Crippen LogP contribution is 2.31. The highest BCUT2D eigenvalue weighted by Gasteiger charge is 2.26. The third-order valence-corrected chi connectivity index (χ3v) is 6.51. The summed E-state index contributed by atoms with van der Waals surface area (Å²) in [6, 6.07) is 5.31. The number of nitrogens with two attached hydrogens (primary N) is 1. The van der Waals surface area contributed by atoms with Crippen molar-refractivity contribution in [1.82, 2.24) is 29.1 Å². The maximum atomic E-state index is 5.88. The van der Waals surface area contributed by atoms with E-state index in [1.165, 1.54) is 0 Å². The van der Waals surface area contributed by atoms with Gasteiger partial charge in [-0.25, -0.2) is 19.5 Å². The molecule has 0 radical (unpaired) electrons. The van der Waals surface area contributed by atoms with E-state index in [0.717, 1.165) is 72.5 Å². The number of nitrogens with one attached hydrogen (secondary N) is 1. The van der Waals surface area contributed by atoms with Crippen LogP contribution >= 0.6 is 0 Å². The van der Waals surface area contributed by atoms with Gasteiger partial charge in [-0.05, 0) is 44.7 Å². The minimum Gasteiger partial charge on any atom is -0.381 e. The molecule has 2 aliphatic rings. The van der Waals surface area contributed by atoms with E-state index in [-0.39, 0.29) is 0 Å². The molecule has 1 aliphatic carbocycles. The molecular formula is C22H26N8O. The van der Waals surface area contributed by atoms with Gasteiger partial charge in [0.2, 0.25) is 5.95 Å². The summed E-state index contributed by atoms with van der Waals surface area (Å²) in [5, 5.41) is 7.99. The van der Waals surface area contributed by atoms with Crippen LogP contribution in [0.5, 0.6) is 0 Å². The second kappa shape index (κ2) is 7.28. The number of pyridine rings is 1. The van der Waals surface area contributed by atoms with Crippen molar-refractivity contribution in [3.05, 3.63) is 36.5 Å². The normalized spacial score (nSPS) is 22.1. The summed E-state index contributed by atoms with van der Waals surface area (Å²) in [6.07, 6.45) is 9.65. The van der Waals surface area contributed by atoms with Crippen molar-refractivity contribution in [3.8, 4) is 11.1 Å². The average molecular weight is 419 g/mol. The number of ether oxygens (including phenoxy) is 1. The molecule has 4 aromatic rings. The molecule has 0 bridgehead atoms. The lowest BCUT2D eigenvalue weighted by molar-refractivity contribution is 0.0701. The van der Waals surface area contributed by atoms with Gasteiger partial charge in [0.1, 0.15) is 5.82 Å². The molecule has 0 aromatic carbocycles. The van der Waals surface area contributed by atoms with Crippen LogP contribution in [-0.2, 0) is 4.74 Å². The monoisotopic (exact) mass is 418 g/mol. The SMILES string of the molecule is Cc1nc2ncc(-c3ccn4nc(N[C@H]5C[C@H](N)C5)ncc34)cc2n1C1CCOCC1. The lowest BCUT2D eigenvalue weighted by atomic mass is 9.88. The third-order valence-electron chi connectivity index (χ3n) is 6.51. The van der Waals surface area contributed by atoms with Crippen molar-refractivity contribution in [1.29, 1.82) is 0 Å². The van der Waals surface area contributed by atoms with E-state index < -0.39 is 0 Å². The molecule has 31 heavy (non-hydrogen) atoms. The zero-order valence-corrected chi connectivity index (χ0v) is 17.5. The molecule has 0 unspecified atom stereocenters. The molecular weight excluding hydrogens is 392 g/mol. The zero-order chi connectivity index (χ0) is 20.9. The summed E-state index contributed by atoms with van der Waals surface area (Å²) in [7, 11) is 0. The van der Waals surface area contributed by atoms with Gasteiger partial charge >= 0.3 is 0 Å². The van der Waals surface area contributed by atoms with Gasteiger partial charge in [-0.15, -0.1) is 5.10 Å². The topological polar surface area (TPSA) is 108 Å². The van der Waals surface area contributed by atoms with Crippen LogP contribution in [0.1, 0.15) is 37.5 Å². The van der Waals surface area contributed by atoms with E-state index in [1.54, 1.807) is 0 Å². The van der Waals surface area contributed by atoms with Crippen LogP contribution in [0, 0.1) is 6.92 Å². The average Bonchev–Trinajstić information content (AvgIpc) is 3.32. The summed E-state index contributed by atoms with van der Waals surface area (Å²) < 4.78 is 9.75. The first kappa shape index (κ1) is 18.7. The number of anilines is 1. The van der Waals surface area contributed by atoms with E-state index in [1.807, 2.05) is 23.1 Å². The molecule has 0 atom stereocenters. The first-order valence-electron chi connectivity index (χ1n) is 10.9. The Labute approximate surface area is 179 Å². The van der Waals surface area contributed by atoms with Gasteiger partial charge in [-0.2, -0.15) is 0 Å².